The molecule has 0 spiro atoms. The van der Waals surface area contributed by atoms with Crippen LogP contribution >= 0.6 is 11.8 Å². The van der Waals surface area contributed by atoms with Crippen molar-refractivity contribution in [3.05, 3.63) is 48.1 Å². The molecule has 136 valence electrons. The Morgan fingerprint density at radius 2 is 1.84 bits per heavy atom. The van der Waals surface area contributed by atoms with E-state index in [-0.39, 0.29) is 12.0 Å². The van der Waals surface area contributed by atoms with Gasteiger partial charge in [-0.1, -0.05) is 30.4 Å². The summed E-state index contributed by atoms with van der Waals surface area (Å²) in [6.07, 6.45) is 10.9. The van der Waals surface area contributed by atoms with Crippen LogP contribution in [0.5, 0.6) is 0 Å². The van der Waals surface area contributed by atoms with E-state index in [1.165, 1.54) is 11.0 Å². The van der Waals surface area contributed by atoms with E-state index in [2.05, 4.69) is 12.1 Å². The summed E-state index contributed by atoms with van der Waals surface area (Å²) in [5.74, 6) is -0.0693. The normalized spacial score (nSPS) is 16.8. The van der Waals surface area contributed by atoms with Crippen LogP contribution in [0.25, 0.3) is 6.08 Å². The van der Waals surface area contributed by atoms with Gasteiger partial charge in [-0.2, -0.15) is 8.42 Å². The fraction of sp³-hybridized carbons (Fsp3) is 0.389. The summed E-state index contributed by atoms with van der Waals surface area (Å²) in [7, 11) is -3.44. The third-order valence-corrected chi connectivity index (χ3v) is 5.18. The Labute approximate surface area is 153 Å². The second kappa shape index (κ2) is 9.22. The van der Waals surface area contributed by atoms with Gasteiger partial charge in [0.2, 0.25) is 5.91 Å². The minimum Gasteiger partial charge on any atom is -0.339 e. The monoisotopic (exact) mass is 381 g/mol. The number of allylic oxidation sites excluding steroid dienone is 2. The van der Waals surface area contributed by atoms with Crippen LogP contribution in [0.15, 0.2) is 47.4 Å². The summed E-state index contributed by atoms with van der Waals surface area (Å²) in [5, 5.41) is 0. The number of benzene rings is 1. The number of carbonyl (C=O) groups is 1. The molecule has 0 bridgehead atoms. The van der Waals surface area contributed by atoms with Gasteiger partial charge in [0, 0.05) is 24.1 Å². The maximum absolute atomic E-state index is 12.1. The number of likely N-dealkylation sites (tertiary alicyclic amines) is 1. The van der Waals surface area contributed by atoms with Crippen molar-refractivity contribution >= 4 is 33.9 Å². The highest BCUT2D eigenvalue weighted by Gasteiger charge is 2.24. The maximum atomic E-state index is 12.1. The third-order valence-electron chi connectivity index (χ3n) is 3.82. The molecule has 0 unspecified atom stereocenters. The minimum atomic E-state index is -3.44. The molecule has 1 aliphatic heterocycles. The van der Waals surface area contributed by atoms with Crippen molar-refractivity contribution in [2.24, 2.45) is 0 Å². The van der Waals surface area contributed by atoms with Crippen molar-refractivity contribution in [3.8, 4) is 0 Å². The van der Waals surface area contributed by atoms with E-state index in [1.54, 1.807) is 22.7 Å². The Bertz CT molecular complexity index is 731. The fourth-order valence-electron chi connectivity index (χ4n) is 2.54. The number of nitrogens with zero attached hydrogens (tertiary/aromatic N) is 1. The minimum absolute atomic E-state index is 0.0693. The van der Waals surface area contributed by atoms with E-state index in [1.807, 2.05) is 30.5 Å². The Balaban J connectivity index is 1.79. The average Bonchev–Trinajstić information content (AvgIpc) is 2.58. The maximum Gasteiger partial charge on any atom is 0.264 e. The van der Waals surface area contributed by atoms with Crippen LogP contribution in [0.4, 0.5) is 0 Å². The number of carbonyl (C=O) groups excluding carboxylic acids is 1. The first-order valence-corrected chi connectivity index (χ1v) is 11.1. The van der Waals surface area contributed by atoms with Gasteiger partial charge >= 0.3 is 0 Å². The summed E-state index contributed by atoms with van der Waals surface area (Å²) in [6.45, 7) is 1.01. The number of thioether (sulfide) groups is 1. The lowest BCUT2D eigenvalue weighted by Gasteiger charge is -2.30. The van der Waals surface area contributed by atoms with Gasteiger partial charge in [0.05, 0.1) is 12.4 Å². The first-order chi connectivity index (χ1) is 11.9. The van der Waals surface area contributed by atoms with Crippen LogP contribution in [-0.2, 0) is 19.1 Å². The van der Waals surface area contributed by atoms with E-state index in [0.717, 1.165) is 11.8 Å². The van der Waals surface area contributed by atoms with Crippen LogP contribution in [0.3, 0.4) is 0 Å². The van der Waals surface area contributed by atoms with Crippen LogP contribution in [-0.4, -0.2) is 50.9 Å². The molecule has 1 heterocycles. The summed E-state index contributed by atoms with van der Waals surface area (Å²) < 4.78 is 27.2. The van der Waals surface area contributed by atoms with E-state index >= 15 is 0 Å². The summed E-state index contributed by atoms with van der Waals surface area (Å²) in [5.41, 5.74) is 1.08. The zero-order valence-corrected chi connectivity index (χ0v) is 16.1. The second-order valence-corrected chi connectivity index (χ2v) is 8.30. The molecule has 1 aromatic rings. The molecule has 25 heavy (non-hydrogen) atoms. The van der Waals surface area contributed by atoms with Gasteiger partial charge < -0.3 is 4.90 Å². The molecule has 2 rings (SSSR count). The number of hydrogen-bond acceptors (Lipinski definition) is 5. The van der Waals surface area contributed by atoms with Crippen molar-refractivity contribution in [3.63, 3.8) is 0 Å². The zero-order chi connectivity index (χ0) is 18.3. The third kappa shape index (κ3) is 7.05. The Hall–Kier alpha value is -1.57. The molecule has 0 aromatic heterocycles. The largest absolute Gasteiger partial charge is 0.339 e. The molecular weight excluding hydrogens is 358 g/mol. The van der Waals surface area contributed by atoms with E-state index in [4.69, 9.17) is 4.18 Å². The average molecular weight is 382 g/mol. The molecule has 0 atom stereocenters. The Morgan fingerprint density at radius 3 is 2.40 bits per heavy atom. The lowest BCUT2D eigenvalue weighted by molar-refractivity contribution is -0.127. The lowest BCUT2D eigenvalue weighted by atomic mass is 10.1. The van der Waals surface area contributed by atoms with Gasteiger partial charge in [-0.15, -0.1) is 11.8 Å². The quantitative estimate of drug-likeness (QED) is 0.328. The van der Waals surface area contributed by atoms with Crippen molar-refractivity contribution in [1.82, 2.24) is 4.90 Å². The summed E-state index contributed by atoms with van der Waals surface area (Å²) in [4.78, 5) is 15.1. The van der Waals surface area contributed by atoms with Crippen LogP contribution in [0.1, 0.15) is 18.4 Å². The van der Waals surface area contributed by atoms with Crippen molar-refractivity contribution in [2.75, 3.05) is 25.6 Å². The smallest absolute Gasteiger partial charge is 0.264 e. The van der Waals surface area contributed by atoms with Crippen LogP contribution in [0, 0.1) is 0 Å². The predicted octanol–water partition coefficient (Wildman–Crippen LogP) is 2.95. The molecule has 0 saturated carbocycles. The molecule has 0 radical (unpaired) electrons. The second-order valence-electron chi connectivity index (χ2n) is 5.82. The molecule has 7 heteroatoms. The Morgan fingerprint density at radius 1 is 1.20 bits per heavy atom. The van der Waals surface area contributed by atoms with Crippen LogP contribution < -0.4 is 0 Å². The molecule has 5 nitrogen and oxygen atoms in total. The molecule has 1 aromatic carbocycles. The highest BCUT2D eigenvalue weighted by molar-refractivity contribution is 7.98. The number of hydrogen-bond donors (Lipinski definition) is 0. The summed E-state index contributed by atoms with van der Waals surface area (Å²) >= 11 is 1.70. The number of rotatable bonds is 6. The molecule has 1 amide bonds. The molecule has 0 N–H and O–H groups in total. The van der Waals surface area contributed by atoms with Crippen molar-refractivity contribution in [2.45, 2.75) is 23.8 Å². The van der Waals surface area contributed by atoms with E-state index in [0.29, 0.717) is 25.9 Å². The molecular formula is C18H23NO4S2. The molecule has 1 fully saturated rings. The van der Waals surface area contributed by atoms with Gasteiger partial charge in [0.1, 0.15) is 0 Å². The fourth-order valence-corrected chi connectivity index (χ4v) is 3.64. The predicted molar refractivity (Wildman–Crippen MR) is 102 cm³/mol. The number of amides is 1. The van der Waals surface area contributed by atoms with Gasteiger partial charge in [0.25, 0.3) is 10.1 Å². The molecule has 1 saturated heterocycles. The first-order valence-electron chi connectivity index (χ1n) is 8.03. The van der Waals surface area contributed by atoms with Gasteiger partial charge in [-0.3, -0.25) is 8.98 Å². The van der Waals surface area contributed by atoms with Crippen molar-refractivity contribution in [1.29, 1.82) is 0 Å². The van der Waals surface area contributed by atoms with Gasteiger partial charge in [-0.25, -0.2) is 0 Å². The summed E-state index contributed by atoms with van der Waals surface area (Å²) in [6, 6.07) is 8.18. The standard InChI is InChI=1S/C18H23NO4S2/c1-24-17-9-7-15(8-10-17)5-3-4-6-18(20)19-13-11-16(12-14-19)23-25(2,21)22/h3-10,16H,11-14H2,1-2H3/b5-3+,6-4+. The molecule has 1 aliphatic rings. The topological polar surface area (TPSA) is 63.7 Å². The van der Waals surface area contributed by atoms with Crippen LogP contribution in [0.2, 0.25) is 0 Å². The highest BCUT2D eigenvalue weighted by atomic mass is 32.2. The van der Waals surface area contributed by atoms with Crippen molar-refractivity contribution < 1.29 is 17.4 Å². The lowest BCUT2D eigenvalue weighted by Crippen LogP contribution is -2.40. The highest BCUT2D eigenvalue weighted by Crippen LogP contribution is 2.16. The van der Waals surface area contributed by atoms with E-state index < -0.39 is 10.1 Å². The molecule has 0 aliphatic carbocycles. The van der Waals surface area contributed by atoms with Gasteiger partial charge in [0.15, 0.2) is 0 Å². The SMILES string of the molecule is CSc1ccc(/C=C/C=C/C(=O)N2CCC(OS(C)(=O)=O)CC2)cc1. The first kappa shape index (κ1) is 19.8. The zero-order valence-electron chi connectivity index (χ0n) is 14.4. The number of piperidine rings is 1. The van der Waals surface area contributed by atoms with E-state index in [9.17, 15) is 13.2 Å². The Kier molecular flexibility index (Phi) is 7.28. The van der Waals surface area contributed by atoms with Gasteiger partial charge in [-0.05, 0) is 36.8 Å².